The van der Waals surface area contributed by atoms with Crippen LogP contribution >= 0.6 is 0 Å². The van der Waals surface area contributed by atoms with Crippen LogP contribution in [0.4, 0.5) is 10.1 Å². The number of nitrogens with zero attached hydrogens (tertiary/aromatic N) is 2. The van der Waals surface area contributed by atoms with Crippen molar-refractivity contribution in [1.29, 1.82) is 5.26 Å². The molecule has 1 saturated carbocycles. The first kappa shape index (κ1) is 12.9. The summed E-state index contributed by atoms with van der Waals surface area (Å²) >= 11 is 0. The van der Waals surface area contributed by atoms with E-state index >= 15 is 0 Å². The average Bonchev–Trinajstić information content (AvgIpc) is 2.38. The predicted octanol–water partition coefficient (Wildman–Crippen LogP) is 3.71. The van der Waals surface area contributed by atoms with E-state index in [-0.39, 0.29) is 5.56 Å². The fourth-order valence-corrected chi connectivity index (χ4v) is 2.74. The summed E-state index contributed by atoms with van der Waals surface area (Å²) in [4.78, 5) is 2.08. The summed E-state index contributed by atoms with van der Waals surface area (Å²) in [6, 6.07) is 7.26. The first-order valence-electron chi connectivity index (χ1n) is 6.55. The van der Waals surface area contributed by atoms with Crippen LogP contribution in [0.2, 0.25) is 0 Å². The average molecular weight is 246 g/mol. The molecule has 3 heteroatoms. The van der Waals surface area contributed by atoms with Crippen molar-refractivity contribution in [2.24, 2.45) is 5.92 Å². The highest BCUT2D eigenvalue weighted by molar-refractivity contribution is 5.60. The number of nitriles is 1. The quantitative estimate of drug-likeness (QED) is 0.795. The van der Waals surface area contributed by atoms with Crippen LogP contribution < -0.4 is 4.90 Å². The van der Waals surface area contributed by atoms with Crippen molar-refractivity contribution >= 4 is 5.69 Å². The first-order chi connectivity index (χ1) is 8.63. The second-order valence-corrected chi connectivity index (χ2v) is 5.27. The summed E-state index contributed by atoms with van der Waals surface area (Å²) in [7, 11) is 1.97. The number of halogens is 1. The van der Waals surface area contributed by atoms with Gasteiger partial charge in [0.1, 0.15) is 17.4 Å². The van der Waals surface area contributed by atoms with Gasteiger partial charge in [0.2, 0.25) is 0 Å². The lowest BCUT2D eigenvalue weighted by Gasteiger charge is -2.35. The zero-order chi connectivity index (χ0) is 13.1. The maximum atomic E-state index is 13.6. The molecule has 2 nitrogen and oxygen atoms in total. The molecule has 0 aliphatic heterocycles. The van der Waals surface area contributed by atoms with Crippen molar-refractivity contribution in [1.82, 2.24) is 0 Å². The van der Waals surface area contributed by atoms with Gasteiger partial charge in [-0.05, 0) is 43.7 Å². The summed E-state index contributed by atoms with van der Waals surface area (Å²) in [5.74, 6) is 0.364. The molecule has 18 heavy (non-hydrogen) atoms. The molecule has 1 fully saturated rings. The van der Waals surface area contributed by atoms with E-state index in [2.05, 4.69) is 11.8 Å². The zero-order valence-corrected chi connectivity index (χ0v) is 11.0. The van der Waals surface area contributed by atoms with E-state index in [4.69, 9.17) is 5.26 Å². The predicted molar refractivity (Wildman–Crippen MR) is 70.9 cm³/mol. The third-order valence-electron chi connectivity index (χ3n) is 4.02. The molecule has 0 atom stereocenters. The minimum atomic E-state index is -0.425. The lowest BCUT2D eigenvalue weighted by molar-refractivity contribution is 0.340. The molecule has 1 aliphatic carbocycles. The van der Waals surface area contributed by atoms with E-state index in [0.29, 0.717) is 6.04 Å². The normalized spacial score (nSPS) is 23.4. The topological polar surface area (TPSA) is 27.0 Å². The van der Waals surface area contributed by atoms with Crippen molar-refractivity contribution in [2.75, 3.05) is 11.9 Å². The highest BCUT2D eigenvalue weighted by Gasteiger charge is 2.23. The summed E-state index contributed by atoms with van der Waals surface area (Å²) in [5.41, 5.74) is 0.885. The van der Waals surface area contributed by atoms with Gasteiger partial charge in [0.25, 0.3) is 0 Å². The largest absolute Gasteiger partial charge is 0.370 e. The summed E-state index contributed by atoms with van der Waals surface area (Å²) < 4.78 is 13.6. The van der Waals surface area contributed by atoms with Crippen LogP contribution in [0.5, 0.6) is 0 Å². The van der Waals surface area contributed by atoms with Crippen molar-refractivity contribution < 1.29 is 4.39 Å². The highest BCUT2D eigenvalue weighted by atomic mass is 19.1. The van der Waals surface area contributed by atoms with Gasteiger partial charge in [-0.1, -0.05) is 13.0 Å². The molecule has 0 aromatic heterocycles. The maximum absolute atomic E-state index is 13.6. The molecule has 1 aliphatic rings. The fourth-order valence-electron chi connectivity index (χ4n) is 2.74. The molecular weight excluding hydrogens is 227 g/mol. The van der Waals surface area contributed by atoms with Crippen molar-refractivity contribution in [3.05, 3.63) is 29.6 Å². The van der Waals surface area contributed by atoms with Crippen LogP contribution in [0.25, 0.3) is 0 Å². The van der Waals surface area contributed by atoms with E-state index in [1.54, 1.807) is 6.07 Å². The number of anilines is 1. The van der Waals surface area contributed by atoms with Gasteiger partial charge in [-0.3, -0.25) is 0 Å². The Kier molecular flexibility index (Phi) is 3.86. The van der Waals surface area contributed by atoms with E-state index in [9.17, 15) is 4.39 Å². The van der Waals surface area contributed by atoms with Crippen molar-refractivity contribution in [2.45, 2.75) is 38.6 Å². The fraction of sp³-hybridized carbons (Fsp3) is 0.533. The van der Waals surface area contributed by atoms with Crippen LogP contribution in [0, 0.1) is 23.1 Å². The molecule has 0 radical (unpaired) electrons. The van der Waals surface area contributed by atoms with Crippen molar-refractivity contribution in [3.8, 4) is 6.07 Å². The molecule has 0 bridgehead atoms. The Balaban J connectivity index is 2.21. The Bertz CT molecular complexity index is 456. The summed E-state index contributed by atoms with van der Waals surface area (Å²) in [6.07, 6.45) is 4.68. The Morgan fingerprint density at radius 3 is 2.56 bits per heavy atom. The first-order valence-corrected chi connectivity index (χ1v) is 6.55. The number of rotatable bonds is 2. The van der Waals surface area contributed by atoms with Crippen LogP contribution in [0.1, 0.15) is 38.2 Å². The van der Waals surface area contributed by atoms with Crippen LogP contribution in [-0.2, 0) is 0 Å². The SMILES string of the molecule is CC1CCC(N(C)c2cccc(F)c2C#N)CC1. The molecule has 0 amide bonds. The number of benzene rings is 1. The van der Waals surface area contributed by atoms with E-state index in [1.165, 1.54) is 18.9 Å². The lowest BCUT2D eigenvalue weighted by atomic mass is 9.86. The highest BCUT2D eigenvalue weighted by Crippen LogP contribution is 2.31. The monoisotopic (exact) mass is 246 g/mol. The minimum Gasteiger partial charge on any atom is -0.370 e. The Labute approximate surface area is 108 Å². The van der Waals surface area contributed by atoms with Crippen LogP contribution in [0.3, 0.4) is 0 Å². The second-order valence-electron chi connectivity index (χ2n) is 5.27. The third kappa shape index (κ3) is 2.48. The molecule has 1 aromatic rings. The van der Waals surface area contributed by atoms with Gasteiger partial charge in [-0.25, -0.2) is 4.39 Å². The molecule has 0 unspecified atom stereocenters. The molecule has 0 N–H and O–H groups in total. The van der Waals surface area contributed by atoms with Gasteiger partial charge in [0, 0.05) is 13.1 Å². The molecule has 0 saturated heterocycles. The molecule has 0 heterocycles. The second kappa shape index (κ2) is 5.39. The number of hydrogen-bond donors (Lipinski definition) is 0. The lowest BCUT2D eigenvalue weighted by Crippen LogP contribution is -2.35. The Morgan fingerprint density at radius 2 is 1.94 bits per heavy atom. The van der Waals surface area contributed by atoms with E-state index in [0.717, 1.165) is 24.4 Å². The molecule has 1 aromatic carbocycles. The zero-order valence-electron chi connectivity index (χ0n) is 11.0. The summed E-state index contributed by atoms with van der Waals surface area (Å²) in [6.45, 7) is 2.28. The number of hydrogen-bond acceptors (Lipinski definition) is 2. The van der Waals surface area contributed by atoms with E-state index in [1.807, 2.05) is 19.2 Å². The molecule has 2 rings (SSSR count). The smallest absolute Gasteiger partial charge is 0.143 e. The van der Waals surface area contributed by atoms with Crippen LogP contribution in [-0.4, -0.2) is 13.1 Å². The van der Waals surface area contributed by atoms with Gasteiger partial charge >= 0.3 is 0 Å². The Hall–Kier alpha value is -1.56. The minimum absolute atomic E-state index is 0.165. The van der Waals surface area contributed by atoms with Crippen molar-refractivity contribution in [3.63, 3.8) is 0 Å². The van der Waals surface area contributed by atoms with Gasteiger partial charge in [0.05, 0.1) is 5.69 Å². The van der Waals surface area contributed by atoms with Gasteiger partial charge in [-0.2, -0.15) is 5.26 Å². The standard InChI is InChI=1S/C15H19FN2/c1-11-6-8-12(9-7-11)18(2)15-5-3-4-14(16)13(15)10-17/h3-5,11-12H,6-9H2,1-2H3. The maximum Gasteiger partial charge on any atom is 0.143 e. The molecular formula is C15H19FN2. The molecule has 96 valence electrons. The van der Waals surface area contributed by atoms with Crippen LogP contribution in [0.15, 0.2) is 18.2 Å². The summed E-state index contributed by atoms with van der Waals surface area (Å²) in [5, 5.41) is 9.07. The van der Waals surface area contributed by atoms with Gasteiger partial charge in [0.15, 0.2) is 0 Å². The van der Waals surface area contributed by atoms with Gasteiger partial charge < -0.3 is 4.90 Å². The Morgan fingerprint density at radius 1 is 1.28 bits per heavy atom. The molecule has 0 spiro atoms. The van der Waals surface area contributed by atoms with E-state index < -0.39 is 5.82 Å². The van der Waals surface area contributed by atoms with Gasteiger partial charge in [-0.15, -0.1) is 0 Å². The third-order valence-corrected chi connectivity index (χ3v) is 4.02.